The van der Waals surface area contributed by atoms with E-state index >= 15 is 0 Å². The van der Waals surface area contributed by atoms with Crippen LogP contribution in [-0.4, -0.2) is 28.3 Å². The van der Waals surface area contributed by atoms with E-state index in [2.05, 4.69) is 16.0 Å². The molecule has 3 rings (SSSR count). The van der Waals surface area contributed by atoms with E-state index in [-0.39, 0.29) is 17.9 Å². The second-order valence-corrected chi connectivity index (χ2v) is 7.30. The summed E-state index contributed by atoms with van der Waals surface area (Å²) in [6.07, 6.45) is 0. The molecule has 0 atom stereocenters. The number of anilines is 1. The standard InChI is InChI=1S/C21H22N6O2/c1-21(2)18(28)27(19(23)26-21)13-16-5-3-15(4-6-16)12-24-20(29)25-17-9-7-14(11-22)8-10-17/h3-10H,12-13H2,1-2H3,(H2,23,26)(H2,24,25,29). The molecule has 148 valence electrons. The fourth-order valence-corrected chi connectivity index (χ4v) is 2.94. The molecule has 0 unspecified atom stereocenters. The van der Waals surface area contributed by atoms with Gasteiger partial charge in [-0.25, -0.2) is 4.79 Å². The Morgan fingerprint density at radius 2 is 1.76 bits per heavy atom. The minimum atomic E-state index is -0.761. The average molecular weight is 390 g/mol. The van der Waals surface area contributed by atoms with Crippen LogP contribution >= 0.6 is 0 Å². The van der Waals surface area contributed by atoms with E-state index in [9.17, 15) is 9.59 Å². The maximum atomic E-state index is 12.3. The number of nitrogens with zero attached hydrogens (tertiary/aromatic N) is 2. The summed E-state index contributed by atoms with van der Waals surface area (Å²) in [4.78, 5) is 25.7. The smallest absolute Gasteiger partial charge is 0.319 e. The number of amides is 3. The summed E-state index contributed by atoms with van der Waals surface area (Å²) in [6.45, 7) is 4.17. The zero-order valence-electron chi connectivity index (χ0n) is 16.2. The van der Waals surface area contributed by atoms with Crippen molar-refractivity contribution in [2.75, 3.05) is 5.32 Å². The van der Waals surface area contributed by atoms with Crippen LogP contribution in [0.5, 0.6) is 0 Å². The third kappa shape index (κ3) is 4.71. The van der Waals surface area contributed by atoms with E-state index in [4.69, 9.17) is 10.7 Å². The van der Waals surface area contributed by atoms with Crippen LogP contribution in [0.2, 0.25) is 0 Å². The monoisotopic (exact) mass is 390 g/mol. The van der Waals surface area contributed by atoms with Crippen molar-refractivity contribution in [3.05, 3.63) is 65.2 Å². The molecule has 1 fully saturated rings. The molecule has 2 aromatic carbocycles. The van der Waals surface area contributed by atoms with Gasteiger partial charge in [-0.1, -0.05) is 24.3 Å². The predicted molar refractivity (Wildman–Crippen MR) is 109 cm³/mol. The summed E-state index contributed by atoms with van der Waals surface area (Å²) in [5.74, 6) is -0.0297. The first-order valence-corrected chi connectivity index (χ1v) is 9.10. The maximum absolute atomic E-state index is 12.3. The fraction of sp³-hybridized carbons (Fsp3) is 0.238. The maximum Gasteiger partial charge on any atom is 0.319 e. The van der Waals surface area contributed by atoms with Crippen molar-refractivity contribution in [2.45, 2.75) is 32.5 Å². The molecule has 1 aliphatic heterocycles. The van der Waals surface area contributed by atoms with E-state index in [1.165, 1.54) is 4.90 Å². The Bertz CT molecular complexity index is 974. The number of benzene rings is 2. The van der Waals surface area contributed by atoms with Crippen molar-refractivity contribution in [1.29, 1.82) is 10.7 Å². The molecule has 1 aliphatic rings. The number of carbonyl (C=O) groups excluding carboxylic acids is 2. The highest BCUT2D eigenvalue weighted by Crippen LogP contribution is 2.19. The van der Waals surface area contributed by atoms with Crippen molar-refractivity contribution in [3.8, 4) is 6.07 Å². The van der Waals surface area contributed by atoms with Gasteiger partial charge in [-0.3, -0.25) is 15.1 Å². The van der Waals surface area contributed by atoms with Gasteiger partial charge in [0.15, 0.2) is 5.96 Å². The average Bonchev–Trinajstić information content (AvgIpc) is 2.89. The number of carbonyl (C=O) groups is 2. The van der Waals surface area contributed by atoms with Gasteiger partial charge in [-0.15, -0.1) is 0 Å². The van der Waals surface area contributed by atoms with Gasteiger partial charge < -0.3 is 16.0 Å². The Labute approximate surface area is 169 Å². The zero-order valence-corrected chi connectivity index (χ0v) is 16.2. The van der Waals surface area contributed by atoms with Gasteiger partial charge in [0.25, 0.3) is 5.91 Å². The Hall–Kier alpha value is -3.86. The molecule has 2 aromatic rings. The van der Waals surface area contributed by atoms with Crippen LogP contribution in [-0.2, 0) is 17.9 Å². The van der Waals surface area contributed by atoms with Gasteiger partial charge >= 0.3 is 6.03 Å². The number of urea groups is 1. The summed E-state index contributed by atoms with van der Waals surface area (Å²) in [6, 6.07) is 15.8. The number of guanidine groups is 1. The lowest BCUT2D eigenvalue weighted by atomic mass is 10.1. The molecule has 1 heterocycles. The van der Waals surface area contributed by atoms with E-state index < -0.39 is 5.54 Å². The van der Waals surface area contributed by atoms with E-state index in [0.717, 1.165) is 11.1 Å². The van der Waals surface area contributed by atoms with Crippen molar-refractivity contribution in [1.82, 2.24) is 15.5 Å². The molecule has 0 spiro atoms. The second-order valence-electron chi connectivity index (χ2n) is 7.30. The van der Waals surface area contributed by atoms with Crippen LogP contribution in [0.1, 0.15) is 30.5 Å². The third-order valence-electron chi connectivity index (χ3n) is 4.57. The molecule has 3 amide bonds. The molecule has 8 heteroatoms. The van der Waals surface area contributed by atoms with E-state index in [0.29, 0.717) is 24.3 Å². The van der Waals surface area contributed by atoms with Gasteiger partial charge in [-0.05, 0) is 49.2 Å². The van der Waals surface area contributed by atoms with Crippen LogP contribution in [0, 0.1) is 16.7 Å². The molecular weight excluding hydrogens is 368 g/mol. The Morgan fingerprint density at radius 3 is 2.31 bits per heavy atom. The van der Waals surface area contributed by atoms with Gasteiger partial charge in [0.05, 0.1) is 18.2 Å². The zero-order chi connectivity index (χ0) is 21.0. The lowest BCUT2D eigenvalue weighted by Crippen LogP contribution is -2.40. The molecule has 0 bridgehead atoms. The summed E-state index contributed by atoms with van der Waals surface area (Å²) < 4.78 is 0. The largest absolute Gasteiger partial charge is 0.342 e. The number of hydrogen-bond acceptors (Lipinski definition) is 4. The lowest BCUT2D eigenvalue weighted by molar-refractivity contribution is -0.130. The van der Waals surface area contributed by atoms with Crippen LogP contribution in [0.3, 0.4) is 0 Å². The highest BCUT2D eigenvalue weighted by molar-refractivity contribution is 6.07. The van der Waals surface area contributed by atoms with Gasteiger partial charge in [0.2, 0.25) is 0 Å². The van der Waals surface area contributed by atoms with Crippen molar-refractivity contribution < 1.29 is 9.59 Å². The molecule has 0 aromatic heterocycles. The minimum Gasteiger partial charge on any atom is -0.342 e. The van der Waals surface area contributed by atoms with Gasteiger partial charge in [-0.2, -0.15) is 5.26 Å². The van der Waals surface area contributed by atoms with Crippen LogP contribution in [0.25, 0.3) is 0 Å². The topological polar surface area (TPSA) is 121 Å². The van der Waals surface area contributed by atoms with Crippen molar-refractivity contribution in [3.63, 3.8) is 0 Å². The highest BCUT2D eigenvalue weighted by Gasteiger charge is 2.41. The van der Waals surface area contributed by atoms with Crippen LogP contribution in [0.4, 0.5) is 10.5 Å². The quantitative estimate of drug-likeness (QED) is 0.627. The van der Waals surface area contributed by atoms with E-state index in [1.807, 2.05) is 30.3 Å². The Morgan fingerprint density at radius 1 is 1.14 bits per heavy atom. The number of nitrogens with one attached hydrogen (secondary N) is 4. The SMILES string of the molecule is CC1(C)NC(=N)N(Cc2ccc(CNC(=O)Nc3ccc(C#N)cc3)cc2)C1=O. The lowest BCUT2D eigenvalue weighted by Gasteiger charge is -2.17. The number of hydrogen-bond donors (Lipinski definition) is 4. The van der Waals surface area contributed by atoms with Gasteiger partial charge in [0, 0.05) is 12.2 Å². The van der Waals surface area contributed by atoms with Crippen LogP contribution < -0.4 is 16.0 Å². The number of rotatable bonds is 5. The fourth-order valence-electron chi connectivity index (χ4n) is 2.94. The number of nitriles is 1. The van der Waals surface area contributed by atoms with Gasteiger partial charge in [0.1, 0.15) is 5.54 Å². The molecule has 4 N–H and O–H groups in total. The molecule has 0 saturated carbocycles. The summed E-state index contributed by atoms with van der Waals surface area (Å²) >= 11 is 0. The Kier molecular flexibility index (Phi) is 5.50. The first-order valence-electron chi connectivity index (χ1n) is 9.10. The van der Waals surface area contributed by atoms with Crippen molar-refractivity contribution in [2.24, 2.45) is 0 Å². The second kappa shape index (κ2) is 8.02. The molecule has 1 saturated heterocycles. The summed E-state index contributed by atoms with van der Waals surface area (Å²) in [5, 5.41) is 25.1. The predicted octanol–water partition coefficient (Wildman–Crippen LogP) is 2.53. The summed E-state index contributed by atoms with van der Waals surface area (Å²) in [5.41, 5.74) is 2.18. The third-order valence-corrected chi connectivity index (χ3v) is 4.57. The normalized spacial score (nSPS) is 14.9. The first kappa shape index (κ1) is 19.9. The first-order chi connectivity index (χ1) is 13.8. The molecule has 0 radical (unpaired) electrons. The molecule has 29 heavy (non-hydrogen) atoms. The Balaban J connectivity index is 1.51. The molecule has 0 aliphatic carbocycles. The van der Waals surface area contributed by atoms with Crippen LogP contribution in [0.15, 0.2) is 48.5 Å². The van der Waals surface area contributed by atoms with E-state index in [1.54, 1.807) is 38.1 Å². The molecule has 8 nitrogen and oxygen atoms in total. The minimum absolute atomic E-state index is 0.102. The summed E-state index contributed by atoms with van der Waals surface area (Å²) in [7, 11) is 0. The molecular formula is C21H22N6O2. The highest BCUT2D eigenvalue weighted by atomic mass is 16.2. The van der Waals surface area contributed by atoms with Crippen molar-refractivity contribution >= 4 is 23.6 Å².